The molecule has 0 N–H and O–H groups in total. The lowest BCUT2D eigenvalue weighted by molar-refractivity contribution is 0.605. The summed E-state index contributed by atoms with van der Waals surface area (Å²) in [7, 11) is 1.45. The Bertz CT molecular complexity index is 556. The zero-order valence-corrected chi connectivity index (χ0v) is 9.08. The fraction of sp³-hybridized carbons (Fsp3) is 0. The second-order valence-corrected chi connectivity index (χ2v) is 5.96. The molecule has 0 unspecified atom stereocenters. The van der Waals surface area contributed by atoms with Crippen LogP contribution in [0.1, 0.15) is 0 Å². The molecule has 4 nitrogen and oxygen atoms in total. The van der Waals surface area contributed by atoms with Crippen molar-refractivity contribution in [2.24, 2.45) is 0 Å². The number of imidazole rings is 1. The van der Waals surface area contributed by atoms with Gasteiger partial charge in [0.2, 0.25) is 0 Å². The third-order valence-corrected chi connectivity index (χ3v) is 3.86. The SMILES string of the molecule is O=S(=O)(Cl)c1csc2nc(Cl)cn12. The largest absolute Gasteiger partial charge is 0.278 e. The molecule has 0 spiro atoms. The molecule has 0 aliphatic rings. The maximum absolute atomic E-state index is 11.0. The fourth-order valence-corrected chi connectivity index (χ4v) is 3.46. The van der Waals surface area contributed by atoms with Gasteiger partial charge in [-0.25, -0.2) is 13.4 Å². The smallest absolute Gasteiger partial charge is 0.278 e. The Morgan fingerprint density at radius 2 is 2.23 bits per heavy atom. The van der Waals surface area contributed by atoms with Gasteiger partial charge in [0, 0.05) is 16.1 Å². The normalized spacial score (nSPS) is 12.5. The molecule has 0 bridgehead atoms. The first-order valence-corrected chi connectivity index (χ1v) is 6.62. The van der Waals surface area contributed by atoms with Gasteiger partial charge in [0.05, 0.1) is 6.20 Å². The molecule has 2 aromatic heterocycles. The van der Waals surface area contributed by atoms with Crippen molar-refractivity contribution in [3.05, 3.63) is 16.7 Å². The number of nitrogens with zero attached hydrogens (tertiary/aromatic N) is 2. The quantitative estimate of drug-likeness (QED) is 0.734. The Balaban J connectivity index is 2.84. The molecule has 8 heteroatoms. The highest BCUT2D eigenvalue weighted by Gasteiger charge is 2.17. The van der Waals surface area contributed by atoms with Crippen molar-refractivity contribution in [2.45, 2.75) is 5.03 Å². The van der Waals surface area contributed by atoms with E-state index >= 15 is 0 Å². The molecular formula is C5H2Cl2N2O2S2. The fourth-order valence-electron chi connectivity index (χ4n) is 0.912. The maximum atomic E-state index is 11.0. The second-order valence-electron chi connectivity index (χ2n) is 2.23. The van der Waals surface area contributed by atoms with Crippen LogP contribution in [0.15, 0.2) is 16.6 Å². The van der Waals surface area contributed by atoms with Crippen molar-refractivity contribution in [3.63, 3.8) is 0 Å². The van der Waals surface area contributed by atoms with Crippen LogP contribution in [-0.4, -0.2) is 17.8 Å². The summed E-state index contributed by atoms with van der Waals surface area (Å²) in [5.41, 5.74) is 0. The molecule has 70 valence electrons. The van der Waals surface area contributed by atoms with E-state index in [9.17, 15) is 8.42 Å². The maximum Gasteiger partial charge on any atom is 0.278 e. The lowest BCUT2D eigenvalue weighted by atomic mass is 10.9. The Morgan fingerprint density at radius 1 is 1.54 bits per heavy atom. The zero-order chi connectivity index (χ0) is 9.64. The monoisotopic (exact) mass is 256 g/mol. The van der Waals surface area contributed by atoms with E-state index in [1.165, 1.54) is 27.3 Å². The summed E-state index contributed by atoms with van der Waals surface area (Å²) >= 11 is 6.75. The van der Waals surface area contributed by atoms with Crippen LogP contribution in [0.2, 0.25) is 5.15 Å². The van der Waals surface area contributed by atoms with Crippen LogP contribution in [-0.2, 0) is 9.05 Å². The summed E-state index contributed by atoms with van der Waals surface area (Å²) in [5, 5.41) is 1.66. The van der Waals surface area contributed by atoms with Crippen LogP contribution in [0.4, 0.5) is 0 Å². The first-order valence-electron chi connectivity index (χ1n) is 3.05. The van der Waals surface area contributed by atoms with Gasteiger partial charge in [-0.1, -0.05) is 11.6 Å². The minimum atomic E-state index is -3.73. The molecule has 2 rings (SSSR count). The number of aromatic nitrogens is 2. The molecule has 0 amide bonds. The molecule has 0 atom stereocenters. The Hall–Kier alpha value is -0.300. The van der Waals surface area contributed by atoms with Crippen LogP contribution in [0.3, 0.4) is 0 Å². The van der Waals surface area contributed by atoms with Crippen molar-refractivity contribution in [3.8, 4) is 0 Å². The van der Waals surface area contributed by atoms with E-state index in [1.54, 1.807) is 0 Å². The molecule has 2 aromatic rings. The van der Waals surface area contributed by atoms with E-state index in [1.807, 2.05) is 0 Å². The topological polar surface area (TPSA) is 51.4 Å². The molecule has 2 heterocycles. The van der Waals surface area contributed by atoms with Gasteiger partial charge in [0.15, 0.2) is 9.99 Å². The average molecular weight is 257 g/mol. The number of fused-ring (bicyclic) bond motifs is 1. The minimum absolute atomic E-state index is 0.00596. The Kier molecular flexibility index (Phi) is 2.03. The Morgan fingerprint density at radius 3 is 2.85 bits per heavy atom. The molecule has 0 aliphatic carbocycles. The average Bonchev–Trinajstić information content (AvgIpc) is 2.41. The molecule has 0 aliphatic heterocycles. The lowest BCUT2D eigenvalue weighted by Crippen LogP contribution is -1.94. The number of halogens is 2. The van der Waals surface area contributed by atoms with Gasteiger partial charge in [-0.05, 0) is 0 Å². The summed E-state index contributed by atoms with van der Waals surface area (Å²) in [6.45, 7) is 0. The first-order chi connectivity index (χ1) is 5.98. The number of rotatable bonds is 1. The van der Waals surface area contributed by atoms with Gasteiger partial charge >= 0.3 is 0 Å². The predicted molar refractivity (Wildman–Crippen MR) is 51.1 cm³/mol. The van der Waals surface area contributed by atoms with E-state index in [-0.39, 0.29) is 10.2 Å². The van der Waals surface area contributed by atoms with Gasteiger partial charge in [0.1, 0.15) is 5.15 Å². The summed E-state index contributed by atoms with van der Waals surface area (Å²) < 4.78 is 23.3. The van der Waals surface area contributed by atoms with E-state index in [4.69, 9.17) is 22.3 Å². The van der Waals surface area contributed by atoms with Gasteiger partial charge in [0.25, 0.3) is 9.05 Å². The van der Waals surface area contributed by atoms with Crippen molar-refractivity contribution in [1.82, 2.24) is 9.38 Å². The molecule has 0 radical (unpaired) electrons. The molecule has 0 saturated heterocycles. The standard InChI is InChI=1S/C5H2Cl2N2O2S2/c6-3-1-9-4(13(7,10)11)2-12-5(9)8-3/h1-2H. The van der Waals surface area contributed by atoms with E-state index in [0.717, 1.165) is 0 Å². The molecular weight excluding hydrogens is 255 g/mol. The van der Waals surface area contributed by atoms with Gasteiger partial charge < -0.3 is 0 Å². The van der Waals surface area contributed by atoms with Crippen molar-refractivity contribution < 1.29 is 8.42 Å². The van der Waals surface area contributed by atoms with E-state index in [2.05, 4.69) is 4.98 Å². The van der Waals surface area contributed by atoms with Crippen molar-refractivity contribution in [2.75, 3.05) is 0 Å². The highest BCUT2D eigenvalue weighted by atomic mass is 35.7. The Labute approximate surface area is 87.1 Å². The first kappa shape index (κ1) is 9.26. The minimum Gasteiger partial charge on any atom is -0.278 e. The summed E-state index contributed by atoms with van der Waals surface area (Å²) in [4.78, 5) is 4.38. The number of hydrogen-bond donors (Lipinski definition) is 0. The third kappa shape index (κ3) is 1.54. The molecule has 0 saturated carbocycles. The highest BCUT2D eigenvalue weighted by molar-refractivity contribution is 8.13. The van der Waals surface area contributed by atoms with Gasteiger partial charge in [-0.3, -0.25) is 4.40 Å². The summed E-state index contributed by atoms with van der Waals surface area (Å²) in [6, 6.07) is 0. The molecule has 0 aromatic carbocycles. The van der Waals surface area contributed by atoms with Gasteiger partial charge in [-0.15, -0.1) is 11.3 Å². The highest BCUT2D eigenvalue weighted by Crippen LogP contribution is 2.24. The van der Waals surface area contributed by atoms with Crippen LogP contribution in [0.25, 0.3) is 4.96 Å². The van der Waals surface area contributed by atoms with Crippen LogP contribution < -0.4 is 0 Å². The van der Waals surface area contributed by atoms with E-state index < -0.39 is 9.05 Å². The second kappa shape index (κ2) is 2.84. The van der Waals surface area contributed by atoms with Crippen LogP contribution in [0.5, 0.6) is 0 Å². The zero-order valence-electron chi connectivity index (χ0n) is 5.94. The number of thiazole rings is 1. The third-order valence-electron chi connectivity index (χ3n) is 1.40. The van der Waals surface area contributed by atoms with Crippen LogP contribution in [0, 0.1) is 0 Å². The lowest BCUT2D eigenvalue weighted by Gasteiger charge is -1.90. The van der Waals surface area contributed by atoms with Gasteiger partial charge in [-0.2, -0.15) is 0 Å². The molecule has 0 fully saturated rings. The predicted octanol–water partition coefficient (Wildman–Crippen LogP) is 1.98. The van der Waals surface area contributed by atoms with Crippen molar-refractivity contribution in [1.29, 1.82) is 0 Å². The van der Waals surface area contributed by atoms with Crippen molar-refractivity contribution >= 4 is 47.6 Å². The summed E-state index contributed by atoms with van der Waals surface area (Å²) in [6.07, 6.45) is 1.41. The number of hydrogen-bond acceptors (Lipinski definition) is 4. The molecule has 13 heavy (non-hydrogen) atoms. The summed E-state index contributed by atoms with van der Waals surface area (Å²) in [5.74, 6) is 0. The van der Waals surface area contributed by atoms with Crippen LogP contribution >= 0.6 is 33.6 Å². The van der Waals surface area contributed by atoms with E-state index in [0.29, 0.717) is 4.96 Å².